The van der Waals surface area contributed by atoms with Crippen LogP contribution in [0, 0.1) is 5.92 Å². The number of nitrogens with zero attached hydrogens (tertiary/aromatic N) is 2. The molecule has 0 saturated heterocycles. The van der Waals surface area contributed by atoms with E-state index >= 15 is 0 Å². The van der Waals surface area contributed by atoms with Crippen LogP contribution >= 0.6 is 0 Å². The van der Waals surface area contributed by atoms with Crippen LogP contribution in [0.5, 0.6) is 0 Å². The highest BCUT2D eigenvalue weighted by atomic mass is 16.2. The Bertz CT molecular complexity index is 219. The van der Waals surface area contributed by atoms with Gasteiger partial charge >= 0.3 is 0 Å². The molecule has 0 aromatic rings. The van der Waals surface area contributed by atoms with E-state index in [1.807, 2.05) is 25.9 Å². The normalized spacial score (nSPS) is 14.8. The molecule has 2 N–H and O–H groups in total. The fraction of sp³-hybridized carbons (Fsp3) is 0.923. The summed E-state index contributed by atoms with van der Waals surface area (Å²) in [7, 11) is 4.06. The van der Waals surface area contributed by atoms with E-state index in [2.05, 4.69) is 18.7 Å². The van der Waals surface area contributed by atoms with E-state index in [0.717, 1.165) is 25.9 Å². The molecule has 0 spiro atoms. The summed E-state index contributed by atoms with van der Waals surface area (Å²) in [6.07, 6.45) is 1.90. The number of carbonyl (C=O) groups excluding carboxylic acids is 1. The average Bonchev–Trinajstić information content (AvgIpc) is 2.25. The molecular weight excluding hydrogens is 214 g/mol. The Morgan fingerprint density at radius 3 is 2.24 bits per heavy atom. The predicted octanol–water partition coefficient (Wildman–Crippen LogP) is 1.16. The third-order valence-corrected chi connectivity index (χ3v) is 3.06. The molecule has 0 aliphatic carbocycles. The fourth-order valence-electron chi connectivity index (χ4n) is 2.24. The zero-order valence-electron chi connectivity index (χ0n) is 12.1. The van der Waals surface area contributed by atoms with E-state index in [0.29, 0.717) is 6.54 Å². The monoisotopic (exact) mass is 243 g/mol. The van der Waals surface area contributed by atoms with Gasteiger partial charge in [-0.3, -0.25) is 4.79 Å². The number of nitrogens with two attached hydrogens (primary N) is 1. The summed E-state index contributed by atoms with van der Waals surface area (Å²) >= 11 is 0. The second kappa shape index (κ2) is 8.48. The lowest BCUT2D eigenvalue weighted by Gasteiger charge is -2.32. The number of rotatable bonds is 8. The summed E-state index contributed by atoms with van der Waals surface area (Å²) < 4.78 is 0. The van der Waals surface area contributed by atoms with Gasteiger partial charge in [-0.05, 0) is 34.4 Å². The minimum Gasteiger partial charge on any atom is -0.339 e. The number of hydrogen-bond acceptors (Lipinski definition) is 3. The molecule has 4 nitrogen and oxygen atoms in total. The Labute approximate surface area is 106 Å². The highest BCUT2D eigenvalue weighted by Gasteiger charge is 2.25. The largest absolute Gasteiger partial charge is 0.339 e. The molecule has 0 rings (SSSR count). The highest BCUT2D eigenvalue weighted by Crippen LogP contribution is 2.12. The predicted molar refractivity (Wildman–Crippen MR) is 72.9 cm³/mol. The van der Waals surface area contributed by atoms with Crippen molar-refractivity contribution in [3.63, 3.8) is 0 Å². The highest BCUT2D eigenvalue weighted by molar-refractivity contribution is 5.79. The Hall–Kier alpha value is -0.610. The van der Waals surface area contributed by atoms with E-state index in [4.69, 9.17) is 5.73 Å². The Morgan fingerprint density at radius 2 is 1.88 bits per heavy atom. The minimum atomic E-state index is -0.00966. The second-order valence-electron chi connectivity index (χ2n) is 4.96. The first-order valence-corrected chi connectivity index (χ1v) is 6.63. The lowest BCUT2D eigenvalue weighted by Crippen LogP contribution is -2.47. The molecule has 1 amide bonds. The number of amides is 1. The van der Waals surface area contributed by atoms with Crippen LogP contribution in [-0.2, 0) is 4.79 Å². The summed E-state index contributed by atoms with van der Waals surface area (Å²) in [6, 6.07) is 0.244. The maximum absolute atomic E-state index is 12.3. The van der Waals surface area contributed by atoms with Crippen LogP contribution in [0.1, 0.15) is 33.6 Å². The van der Waals surface area contributed by atoms with Gasteiger partial charge in [-0.2, -0.15) is 0 Å². The smallest absolute Gasteiger partial charge is 0.227 e. The first kappa shape index (κ1) is 16.4. The van der Waals surface area contributed by atoms with Crippen molar-refractivity contribution in [2.75, 3.05) is 33.7 Å². The van der Waals surface area contributed by atoms with Gasteiger partial charge in [0, 0.05) is 25.7 Å². The van der Waals surface area contributed by atoms with Gasteiger partial charge in [0.25, 0.3) is 0 Å². The van der Waals surface area contributed by atoms with Crippen molar-refractivity contribution in [1.82, 2.24) is 9.80 Å². The molecule has 102 valence electrons. The van der Waals surface area contributed by atoms with Gasteiger partial charge in [0.05, 0.1) is 5.92 Å². The van der Waals surface area contributed by atoms with E-state index in [1.54, 1.807) is 0 Å². The molecule has 0 aromatic heterocycles. The van der Waals surface area contributed by atoms with Crippen molar-refractivity contribution in [1.29, 1.82) is 0 Å². The molecule has 0 bridgehead atoms. The Balaban J connectivity index is 4.56. The first-order valence-electron chi connectivity index (χ1n) is 6.63. The lowest BCUT2D eigenvalue weighted by atomic mass is 10.0. The van der Waals surface area contributed by atoms with Gasteiger partial charge in [-0.15, -0.1) is 0 Å². The fourth-order valence-corrected chi connectivity index (χ4v) is 2.24. The van der Waals surface area contributed by atoms with Crippen LogP contribution in [0.4, 0.5) is 0 Å². The van der Waals surface area contributed by atoms with Gasteiger partial charge in [0.2, 0.25) is 5.91 Å². The van der Waals surface area contributed by atoms with Crippen LogP contribution in [0.2, 0.25) is 0 Å². The van der Waals surface area contributed by atoms with Gasteiger partial charge < -0.3 is 15.5 Å². The van der Waals surface area contributed by atoms with Gasteiger partial charge in [0.15, 0.2) is 0 Å². The standard InChI is InChI=1S/C13H29N3O/c1-6-8-12(9-14)13(17)16(7-2)11(3)10-15(4)5/h11-12H,6-10,14H2,1-5H3. The quantitative estimate of drug-likeness (QED) is 0.696. The van der Waals surface area contributed by atoms with Crippen molar-refractivity contribution in [2.24, 2.45) is 11.7 Å². The Morgan fingerprint density at radius 1 is 1.29 bits per heavy atom. The van der Waals surface area contributed by atoms with Gasteiger partial charge in [0.1, 0.15) is 0 Å². The third kappa shape index (κ3) is 5.50. The van der Waals surface area contributed by atoms with Crippen molar-refractivity contribution >= 4 is 5.91 Å². The molecule has 0 saturated carbocycles. The molecule has 2 unspecified atom stereocenters. The number of hydrogen-bond donors (Lipinski definition) is 1. The van der Waals surface area contributed by atoms with Crippen molar-refractivity contribution in [3.05, 3.63) is 0 Å². The Kier molecular flexibility index (Phi) is 8.17. The van der Waals surface area contributed by atoms with Gasteiger partial charge in [-0.25, -0.2) is 0 Å². The molecule has 0 aliphatic rings. The third-order valence-electron chi connectivity index (χ3n) is 3.06. The minimum absolute atomic E-state index is 0.00966. The van der Waals surface area contributed by atoms with Crippen LogP contribution in [-0.4, -0.2) is 55.5 Å². The molecule has 0 aliphatic heterocycles. The number of carbonyl (C=O) groups is 1. The molecule has 0 heterocycles. The van der Waals surface area contributed by atoms with Crippen molar-refractivity contribution in [3.8, 4) is 0 Å². The molecular formula is C13H29N3O. The second-order valence-corrected chi connectivity index (χ2v) is 4.96. The average molecular weight is 243 g/mol. The summed E-state index contributed by atoms with van der Waals surface area (Å²) in [5.74, 6) is 0.204. The van der Waals surface area contributed by atoms with E-state index in [1.165, 1.54) is 0 Å². The van der Waals surface area contributed by atoms with Crippen molar-refractivity contribution in [2.45, 2.75) is 39.7 Å². The van der Waals surface area contributed by atoms with Crippen LogP contribution in [0.25, 0.3) is 0 Å². The lowest BCUT2D eigenvalue weighted by molar-refractivity contribution is -0.137. The topological polar surface area (TPSA) is 49.6 Å². The maximum atomic E-state index is 12.3. The zero-order valence-corrected chi connectivity index (χ0v) is 12.1. The summed E-state index contributed by atoms with van der Waals surface area (Å²) in [4.78, 5) is 16.4. The summed E-state index contributed by atoms with van der Waals surface area (Å²) in [5.41, 5.74) is 5.70. The summed E-state index contributed by atoms with van der Waals surface area (Å²) in [6.45, 7) is 8.33. The van der Waals surface area contributed by atoms with Gasteiger partial charge in [-0.1, -0.05) is 13.3 Å². The summed E-state index contributed by atoms with van der Waals surface area (Å²) in [5, 5.41) is 0. The van der Waals surface area contributed by atoms with E-state index in [-0.39, 0.29) is 17.9 Å². The molecule has 17 heavy (non-hydrogen) atoms. The number of likely N-dealkylation sites (N-methyl/N-ethyl adjacent to an activating group) is 2. The molecule has 2 atom stereocenters. The van der Waals surface area contributed by atoms with Crippen LogP contribution in [0.15, 0.2) is 0 Å². The van der Waals surface area contributed by atoms with E-state index in [9.17, 15) is 4.79 Å². The SMILES string of the molecule is CCCC(CN)C(=O)N(CC)C(C)CN(C)C. The molecule has 0 fully saturated rings. The first-order chi connectivity index (χ1) is 7.97. The molecule has 0 radical (unpaired) electrons. The zero-order chi connectivity index (χ0) is 13.4. The van der Waals surface area contributed by atoms with Crippen molar-refractivity contribution < 1.29 is 4.79 Å². The maximum Gasteiger partial charge on any atom is 0.227 e. The van der Waals surface area contributed by atoms with Crippen LogP contribution in [0.3, 0.4) is 0 Å². The molecule has 0 aromatic carbocycles. The molecule has 4 heteroatoms. The van der Waals surface area contributed by atoms with Crippen LogP contribution < -0.4 is 5.73 Å². The van der Waals surface area contributed by atoms with E-state index < -0.39 is 0 Å².